The number of aromatic nitrogens is 3. The maximum atomic E-state index is 13.6. The minimum absolute atomic E-state index is 0.109. The lowest BCUT2D eigenvalue weighted by atomic mass is 10.1. The van der Waals surface area contributed by atoms with E-state index in [-0.39, 0.29) is 5.91 Å². The Hall–Kier alpha value is -2.78. The molecule has 0 radical (unpaired) electrons. The van der Waals surface area contributed by atoms with Gasteiger partial charge < -0.3 is 4.90 Å². The number of nitrogens with zero attached hydrogens (tertiary/aromatic N) is 5. The molecule has 8 nitrogen and oxygen atoms in total. The summed E-state index contributed by atoms with van der Waals surface area (Å²) in [4.78, 5) is 20.2. The van der Waals surface area contributed by atoms with Gasteiger partial charge in [0.2, 0.25) is 10.0 Å². The van der Waals surface area contributed by atoms with Crippen LogP contribution in [-0.2, 0) is 23.5 Å². The Morgan fingerprint density at radius 3 is 2.53 bits per heavy atom. The SMILES string of the molecule is Cc1cc(C(=O)N2CCc3cc(S(=O)(=O)N4CCCCC4)ccc32)c2c(C)nn(C)c2n1. The van der Waals surface area contributed by atoms with Crippen LogP contribution in [0.1, 0.15) is 46.6 Å². The molecule has 2 aliphatic rings. The molecule has 1 fully saturated rings. The standard InChI is InChI=1S/C23H27N5O3S/c1-15-13-19(21-16(2)25-26(3)22(21)24-15)23(29)28-12-9-17-14-18(7-8-20(17)28)32(30,31)27-10-5-4-6-11-27/h7-8,13-14H,4-6,9-12H2,1-3H3. The smallest absolute Gasteiger partial charge is 0.259 e. The van der Waals surface area contributed by atoms with Crippen LogP contribution in [0.2, 0.25) is 0 Å². The average Bonchev–Trinajstić information content (AvgIpc) is 3.33. The maximum absolute atomic E-state index is 13.6. The van der Waals surface area contributed by atoms with Crippen molar-refractivity contribution in [3.8, 4) is 0 Å². The molecule has 4 heterocycles. The molecule has 1 saturated heterocycles. The second-order valence-corrected chi connectivity index (χ2v) is 10.6. The maximum Gasteiger partial charge on any atom is 0.259 e. The molecule has 32 heavy (non-hydrogen) atoms. The molecular formula is C23H27N5O3S. The Bertz CT molecular complexity index is 1340. The molecule has 0 spiro atoms. The summed E-state index contributed by atoms with van der Waals surface area (Å²) in [6.45, 7) is 5.42. The van der Waals surface area contributed by atoms with E-state index in [2.05, 4.69) is 10.1 Å². The van der Waals surface area contributed by atoms with E-state index in [1.54, 1.807) is 32.1 Å². The van der Waals surface area contributed by atoms with Gasteiger partial charge in [0.15, 0.2) is 5.65 Å². The first-order valence-electron chi connectivity index (χ1n) is 11.0. The number of amides is 1. The summed E-state index contributed by atoms with van der Waals surface area (Å²) in [5, 5.41) is 5.21. The van der Waals surface area contributed by atoms with Crippen LogP contribution in [0.25, 0.3) is 11.0 Å². The van der Waals surface area contributed by atoms with E-state index in [0.29, 0.717) is 42.2 Å². The first-order valence-corrected chi connectivity index (χ1v) is 12.5. The number of fused-ring (bicyclic) bond motifs is 2. The van der Waals surface area contributed by atoms with E-state index in [1.165, 1.54) is 0 Å². The monoisotopic (exact) mass is 453 g/mol. The fraction of sp³-hybridized carbons (Fsp3) is 0.435. The Labute approximate surface area is 187 Å². The number of benzene rings is 1. The van der Waals surface area contributed by atoms with E-state index in [9.17, 15) is 13.2 Å². The molecule has 0 atom stereocenters. The minimum atomic E-state index is -3.50. The van der Waals surface area contributed by atoms with E-state index < -0.39 is 10.0 Å². The number of carbonyl (C=O) groups is 1. The van der Waals surface area contributed by atoms with Gasteiger partial charge in [-0.25, -0.2) is 13.4 Å². The molecule has 1 aromatic carbocycles. The Morgan fingerprint density at radius 1 is 1.03 bits per heavy atom. The van der Waals surface area contributed by atoms with E-state index in [0.717, 1.165) is 47.3 Å². The van der Waals surface area contributed by atoms with Crippen LogP contribution in [-0.4, -0.2) is 53.0 Å². The number of rotatable bonds is 3. The average molecular weight is 454 g/mol. The van der Waals surface area contributed by atoms with Gasteiger partial charge in [-0.1, -0.05) is 6.42 Å². The lowest BCUT2D eigenvalue weighted by molar-refractivity contribution is 0.0990. The molecular weight excluding hydrogens is 426 g/mol. The predicted octanol–water partition coefficient (Wildman–Crippen LogP) is 2.96. The zero-order chi connectivity index (χ0) is 22.6. The van der Waals surface area contributed by atoms with Crippen LogP contribution < -0.4 is 4.90 Å². The minimum Gasteiger partial charge on any atom is -0.308 e. The lowest BCUT2D eigenvalue weighted by Crippen LogP contribution is -2.35. The van der Waals surface area contributed by atoms with E-state index in [1.807, 2.05) is 27.0 Å². The molecule has 0 bridgehead atoms. The number of piperidine rings is 1. The van der Waals surface area contributed by atoms with Gasteiger partial charge in [-0.2, -0.15) is 9.40 Å². The van der Waals surface area contributed by atoms with Crippen molar-refractivity contribution in [3.05, 3.63) is 46.8 Å². The fourth-order valence-electron chi connectivity index (χ4n) is 4.89. The normalized spacial score (nSPS) is 17.2. The van der Waals surface area contributed by atoms with Gasteiger partial charge in [-0.15, -0.1) is 0 Å². The van der Waals surface area contributed by atoms with Crippen LogP contribution in [0.3, 0.4) is 0 Å². The Morgan fingerprint density at radius 2 is 1.78 bits per heavy atom. The van der Waals surface area contributed by atoms with E-state index >= 15 is 0 Å². The third kappa shape index (κ3) is 3.31. The number of carbonyl (C=O) groups excluding carboxylic acids is 1. The molecule has 168 valence electrons. The van der Waals surface area contributed by atoms with Crippen molar-refractivity contribution in [2.75, 3.05) is 24.5 Å². The number of anilines is 1. The molecule has 2 aromatic heterocycles. The summed E-state index contributed by atoms with van der Waals surface area (Å²) >= 11 is 0. The van der Waals surface area contributed by atoms with Gasteiger partial charge in [-0.05, 0) is 62.9 Å². The first-order chi connectivity index (χ1) is 15.3. The van der Waals surface area contributed by atoms with Crippen LogP contribution in [0.5, 0.6) is 0 Å². The summed E-state index contributed by atoms with van der Waals surface area (Å²) in [6.07, 6.45) is 3.51. The summed E-state index contributed by atoms with van der Waals surface area (Å²) in [5.74, 6) is -0.109. The van der Waals surface area contributed by atoms with Gasteiger partial charge >= 0.3 is 0 Å². The third-order valence-electron chi connectivity index (χ3n) is 6.47. The number of sulfonamides is 1. The highest BCUT2D eigenvalue weighted by Crippen LogP contribution is 2.34. The van der Waals surface area contributed by atoms with Crippen molar-refractivity contribution in [3.63, 3.8) is 0 Å². The second kappa shape index (κ2) is 7.67. The molecule has 0 saturated carbocycles. The summed E-state index contributed by atoms with van der Waals surface area (Å²) in [7, 11) is -1.68. The highest BCUT2D eigenvalue weighted by Gasteiger charge is 2.31. The van der Waals surface area contributed by atoms with Gasteiger partial charge in [0.1, 0.15) is 0 Å². The van der Waals surface area contributed by atoms with Crippen LogP contribution >= 0.6 is 0 Å². The van der Waals surface area contributed by atoms with Gasteiger partial charge in [0.25, 0.3) is 5.91 Å². The second-order valence-electron chi connectivity index (χ2n) is 8.68. The zero-order valence-electron chi connectivity index (χ0n) is 18.6. The highest BCUT2D eigenvalue weighted by atomic mass is 32.2. The molecule has 2 aliphatic heterocycles. The largest absolute Gasteiger partial charge is 0.308 e. The van der Waals surface area contributed by atoms with Crippen molar-refractivity contribution >= 4 is 32.7 Å². The summed E-state index contributed by atoms with van der Waals surface area (Å²) < 4.78 is 29.4. The van der Waals surface area contributed by atoms with Crippen molar-refractivity contribution in [1.82, 2.24) is 19.1 Å². The van der Waals surface area contributed by atoms with Crippen LogP contribution in [0.15, 0.2) is 29.2 Å². The van der Waals surface area contributed by atoms with Gasteiger partial charge in [0, 0.05) is 38.1 Å². The van der Waals surface area contributed by atoms with E-state index in [4.69, 9.17) is 0 Å². The number of hydrogen-bond donors (Lipinski definition) is 0. The van der Waals surface area contributed by atoms with Crippen molar-refractivity contribution in [2.45, 2.75) is 44.4 Å². The number of pyridine rings is 1. The summed E-state index contributed by atoms with van der Waals surface area (Å²) in [5.41, 5.74) is 4.45. The first kappa shape index (κ1) is 21.1. The zero-order valence-corrected chi connectivity index (χ0v) is 19.4. The molecule has 0 N–H and O–H groups in total. The molecule has 1 amide bonds. The Balaban J connectivity index is 1.51. The Kier molecular flexibility index (Phi) is 5.05. The third-order valence-corrected chi connectivity index (χ3v) is 8.37. The quantitative estimate of drug-likeness (QED) is 0.608. The fourth-order valence-corrected chi connectivity index (χ4v) is 6.46. The van der Waals surface area contributed by atoms with Crippen LogP contribution in [0.4, 0.5) is 5.69 Å². The van der Waals surface area contributed by atoms with Crippen LogP contribution in [0, 0.1) is 13.8 Å². The molecule has 9 heteroatoms. The number of hydrogen-bond acceptors (Lipinski definition) is 5. The molecule has 3 aromatic rings. The lowest BCUT2D eigenvalue weighted by Gasteiger charge is -2.26. The topological polar surface area (TPSA) is 88.4 Å². The van der Waals surface area contributed by atoms with Crippen molar-refractivity contribution in [1.29, 1.82) is 0 Å². The molecule has 0 unspecified atom stereocenters. The predicted molar refractivity (Wildman–Crippen MR) is 122 cm³/mol. The van der Waals surface area contributed by atoms with Gasteiger partial charge in [-0.3, -0.25) is 9.48 Å². The molecule has 0 aliphatic carbocycles. The van der Waals surface area contributed by atoms with Crippen molar-refractivity contribution in [2.24, 2.45) is 7.05 Å². The number of aryl methyl sites for hydroxylation is 3. The summed E-state index contributed by atoms with van der Waals surface area (Å²) in [6, 6.07) is 6.97. The van der Waals surface area contributed by atoms with Gasteiger partial charge in [0.05, 0.1) is 21.5 Å². The highest BCUT2D eigenvalue weighted by molar-refractivity contribution is 7.89. The van der Waals surface area contributed by atoms with Crippen molar-refractivity contribution < 1.29 is 13.2 Å². The molecule has 5 rings (SSSR count).